The Morgan fingerprint density at radius 3 is 2.90 bits per heavy atom. The highest BCUT2D eigenvalue weighted by molar-refractivity contribution is 5.83. The van der Waals surface area contributed by atoms with Crippen molar-refractivity contribution in [3.63, 3.8) is 0 Å². The smallest absolute Gasteiger partial charge is 0.226 e. The van der Waals surface area contributed by atoms with Gasteiger partial charge >= 0.3 is 0 Å². The number of hydrogen-bond donors (Lipinski definition) is 1. The standard InChI is InChI=1S/C16H20F2N2O/c1-19-8-10-4-5-20(9-10)16(21)13-7-12(13)11-2-3-14(17)15(18)6-11/h2-3,6,10,12-13,19H,4-5,7-9H2,1H3/t10-,12+,13+/m0/s1. The fourth-order valence-electron chi connectivity index (χ4n) is 3.30. The molecule has 1 aromatic carbocycles. The largest absolute Gasteiger partial charge is 0.342 e. The van der Waals surface area contributed by atoms with Crippen LogP contribution in [0.25, 0.3) is 0 Å². The Kier molecular flexibility index (Phi) is 3.93. The maximum absolute atomic E-state index is 13.3. The quantitative estimate of drug-likeness (QED) is 0.922. The molecule has 21 heavy (non-hydrogen) atoms. The van der Waals surface area contributed by atoms with Gasteiger partial charge in [0.2, 0.25) is 5.91 Å². The third kappa shape index (κ3) is 2.93. The molecule has 5 heteroatoms. The summed E-state index contributed by atoms with van der Waals surface area (Å²) in [6, 6.07) is 3.95. The van der Waals surface area contributed by atoms with Gasteiger partial charge in [0.1, 0.15) is 0 Å². The summed E-state index contributed by atoms with van der Waals surface area (Å²) in [5, 5.41) is 3.14. The molecule has 1 saturated heterocycles. The number of likely N-dealkylation sites (tertiary alicyclic amines) is 1. The van der Waals surface area contributed by atoms with Crippen molar-refractivity contribution in [3.8, 4) is 0 Å². The molecule has 0 spiro atoms. The second-order valence-corrected chi connectivity index (χ2v) is 6.12. The first kappa shape index (κ1) is 14.4. The van der Waals surface area contributed by atoms with Crippen LogP contribution in [-0.4, -0.2) is 37.5 Å². The molecule has 0 unspecified atom stereocenters. The van der Waals surface area contributed by atoms with Crippen LogP contribution in [0.4, 0.5) is 8.78 Å². The number of amides is 1. The van der Waals surface area contributed by atoms with Gasteiger partial charge in [-0.1, -0.05) is 6.07 Å². The van der Waals surface area contributed by atoms with Crippen LogP contribution in [0.1, 0.15) is 24.3 Å². The minimum Gasteiger partial charge on any atom is -0.342 e. The van der Waals surface area contributed by atoms with Crippen molar-refractivity contribution < 1.29 is 13.6 Å². The van der Waals surface area contributed by atoms with Gasteiger partial charge in [-0.2, -0.15) is 0 Å². The molecule has 1 aliphatic heterocycles. The fraction of sp³-hybridized carbons (Fsp3) is 0.562. The summed E-state index contributed by atoms with van der Waals surface area (Å²) < 4.78 is 26.2. The van der Waals surface area contributed by atoms with Crippen LogP contribution in [0.5, 0.6) is 0 Å². The zero-order valence-corrected chi connectivity index (χ0v) is 12.1. The van der Waals surface area contributed by atoms with E-state index < -0.39 is 11.6 Å². The predicted octanol–water partition coefficient (Wildman–Crippen LogP) is 2.14. The average Bonchev–Trinajstić information content (AvgIpc) is 3.13. The molecule has 3 rings (SSSR count). The van der Waals surface area contributed by atoms with Crippen molar-refractivity contribution in [3.05, 3.63) is 35.4 Å². The monoisotopic (exact) mass is 294 g/mol. The van der Waals surface area contributed by atoms with E-state index in [0.717, 1.165) is 44.1 Å². The number of nitrogens with one attached hydrogen (secondary N) is 1. The predicted molar refractivity (Wildman–Crippen MR) is 75.8 cm³/mol. The van der Waals surface area contributed by atoms with Gasteiger partial charge in [0.05, 0.1) is 0 Å². The van der Waals surface area contributed by atoms with E-state index in [4.69, 9.17) is 0 Å². The van der Waals surface area contributed by atoms with Crippen LogP contribution in [0.3, 0.4) is 0 Å². The van der Waals surface area contributed by atoms with Crippen molar-refractivity contribution in [1.29, 1.82) is 0 Å². The van der Waals surface area contributed by atoms with Crippen LogP contribution in [-0.2, 0) is 4.79 Å². The number of nitrogens with zero attached hydrogens (tertiary/aromatic N) is 1. The Bertz CT molecular complexity index is 549. The van der Waals surface area contributed by atoms with E-state index in [-0.39, 0.29) is 17.7 Å². The van der Waals surface area contributed by atoms with Crippen molar-refractivity contribution in [2.45, 2.75) is 18.8 Å². The lowest BCUT2D eigenvalue weighted by molar-refractivity contribution is -0.131. The van der Waals surface area contributed by atoms with E-state index in [2.05, 4.69) is 5.32 Å². The van der Waals surface area contributed by atoms with Crippen LogP contribution in [0.15, 0.2) is 18.2 Å². The highest BCUT2D eigenvalue weighted by Gasteiger charge is 2.46. The van der Waals surface area contributed by atoms with Gasteiger partial charge < -0.3 is 10.2 Å². The maximum Gasteiger partial charge on any atom is 0.226 e. The Morgan fingerprint density at radius 2 is 2.19 bits per heavy atom. The molecule has 0 aromatic heterocycles. The normalized spacial score (nSPS) is 28.0. The average molecular weight is 294 g/mol. The van der Waals surface area contributed by atoms with Crippen LogP contribution in [0.2, 0.25) is 0 Å². The zero-order chi connectivity index (χ0) is 15.0. The van der Waals surface area contributed by atoms with E-state index in [9.17, 15) is 13.6 Å². The summed E-state index contributed by atoms with van der Waals surface area (Å²) in [6.45, 7) is 2.55. The maximum atomic E-state index is 13.3. The summed E-state index contributed by atoms with van der Waals surface area (Å²) in [5.74, 6) is -0.973. The Labute approximate surface area is 123 Å². The number of benzene rings is 1. The van der Waals surface area contributed by atoms with E-state index in [1.165, 1.54) is 6.07 Å². The Balaban J connectivity index is 1.60. The molecule has 1 saturated carbocycles. The molecule has 0 bridgehead atoms. The molecule has 1 N–H and O–H groups in total. The van der Waals surface area contributed by atoms with Crippen LogP contribution < -0.4 is 5.32 Å². The van der Waals surface area contributed by atoms with E-state index in [1.807, 2.05) is 11.9 Å². The number of rotatable bonds is 4. The lowest BCUT2D eigenvalue weighted by atomic mass is 10.1. The molecule has 1 heterocycles. The first-order valence-electron chi connectivity index (χ1n) is 7.48. The number of hydrogen-bond acceptors (Lipinski definition) is 2. The second kappa shape index (κ2) is 5.72. The third-order valence-electron chi connectivity index (χ3n) is 4.57. The SMILES string of the molecule is CNC[C@@H]1CCN(C(=O)[C@@H]2C[C@@H]2c2ccc(F)c(F)c2)C1. The molecular formula is C16H20F2N2O. The summed E-state index contributed by atoms with van der Waals surface area (Å²) >= 11 is 0. The van der Waals surface area contributed by atoms with Crippen LogP contribution in [0, 0.1) is 23.5 Å². The van der Waals surface area contributed by atoms with Gasteiger partial charge in [-0.05, 0) is 56.0 Å². The summed E-state index contributed by atoms with van der Waals surface area (Å²) in [7, 11) is 1.92. The molecule has 1 aliphatic carbocycles. The van der Waals surface area contributed by atoms with Crippen molar-refractivity contribution in [1.82, 2.24) is 10.2 Å². The first-order chi connectivity index (χ1) is 10.1. The van der Waals surface area contributed by atoms with Crippen molar-refractivity contribution in [2.75, 3.05) is 26.7 Å². The summed E-state index contributed by atoms with van der Waals surface area (Å²) in [6.07, 6.45) is 1.78. The molecular weight excluding hydrogens is 274 g/mol. The molecule has 2 fully saturated rings. The molecule has 0 radical (unpaired) electrons. The zero-order valence-electron chi connectivity index (χ0n) is 12.1. The van der Waals surface area contributed by atoms with Gasteiger partial charge in [-0.3, -0.25) is 4.79 Å². The van der Waals surface area contributed by atoms with Gasteiger partial charge in [-0.15, -0.1) is 0 Å². The van der Waals surface area contributed by atoms with Gasteiger partial charge in [-0.25, -0.2) is 8.78 Å². The molecule has 2 aliphatic rings. The van der Waals surface area contributed by atoms with E-state index in [0.29, 0.717) is 5.92 Å². The number of carbonyl (C=O) groups excluding carboxylic acids is 1. The minimum atomic E-state index is -0.836. The lowest BCUT2D eigenvalue weighted by Crippen LogP contribution is -2.31. The van der Waals surface area contributed by atoms with Crippen LogP contribution >= 0.6 is 0 Å². The molecule has 1 amide bonds. The highest BCUT2D eigenvalue weighted by Crippen LogP contribution is 2.49. The van der Waals surface area contributed by atoms with Gasteiger partial charge in [0, 0.05) is 19.0 Å². The van der Waals surface area contributed by atoms with Gasteiger partial charge in [0.15, 0.2) is 11.6 Å². The molecule has 3 atom stereocenters. The highest BCUT2D eigenvalue weighted by atomic mass is 19.2. The second-order valence-electron chi connectivity index (χ2n) is 6.12. The third-order valence-corrected chi connectivity index (χ3v) is 4.57. The fourth-order valence-corrected chi connectivity index (χ4v) is 3.30. The minimum absolute atomic E-state index is 0.0518. The van der Waals surface area contributed by atoms with Crippen molar-refractivity contribution >= 4 is 5.91 Å². The first-order valence-corrected chi connectivity index (χ1v) is 7.48. The summed E-state index contributed by atoms with van der Waals surface area (Å²) in [4.78, 5) is 14.4. The lowest BCUT2D eigenvalue weighted by Gasteiger charge is -2.16. The van der Waals surface area contributed by atoms with Crippen molar-refractivity contribution in [2.24, 2.45) is 11.8 Å². The Hall–Kier alpha value is -1.49. The Morgan fingerprint density at radius 1 is 1.38 bits per heavy atom. The number of carbonyl (C=O) groups is 1. The van der Waals surface area contributed by atoms with E-state index in [1.54, 1.807) is 6.07 Å². The molecule has 3 nitrogen and oxygen atoms in total. The summed E-state index contributed by atoms with van der Waals surface area (Å²) in [5.41, 5.74) is 0.734. The van der Waals surface area contributed by atoms with Gasteiger partial charge in [0.25, 0.3) is 0 Å². The topological polar surface area (TPSA) is 32.3 Å². The molecule has 1 aromatic rings. The van der Waals surface area contributed by atoms with E-state index >= 15 is 0 Å². The number of halogens is 2. The molecule has 114 valence electrons.